The first-order valence-electron chi connectivity index (χ1n) is 7.21. The first-order valence-corrected chi connectivity index (χ1v) is 7.59. The Balaban J connectivity index is 1.97. The van der Waals surface area contributed by atoms with Crippen LogP contribution in [0.5, 0.6) is 0 Å². The van der Waals surface area contributed by atoms with E-state index in [-0.39, 0.29) is 18.4 Å². The fourth-order valence-electron chi connectivity index (χ4n) is 2.95. The molecule has 114 valence electrons. The van der Waals surface area contributed by atoms with Gasteiger partial charge in [0, 0.05) is 11.4 Å². The number of hydrogen-bond donors (Lipinski definition) is 2. The Morgan fingerprint density at radius 1 is 1.29 bits per heavy atom. The first-order chi connectivity index (χ1) is 9.93. The summed E-state index contributed by atoms with van der Waals surface area (Å²) in [5.41, 5.74) is 0.0765. The Kier molecular flexibility index (Phi) is 4.88. The standard InChI is InChI=1S/C16H20ClNO3/c1-11(12-4-6-13(17)7-5-12)18-14(19)10-16(15(20)21)8-2-3-9-16/h4-7,11H,2-3,8-10H2,1H3,(H,18,19)(H,20,21)/t11-/m1/s1. The van der Waals surface area contributed by atoms with Gasteiger partial charge in [0.15, 0.2) is 0 Å². The summed E-state index contributed by atoms with van der Waals surface area (Å²) >= 11 is 5.84. The molecular formula is C16H20ClNO3. The third-order valence-electron chi connectivity index (χ3n) is 4.26. The molecule has 21 heavy (non-hydrogen) atoms. The zero-order chi connectivity index (χ0) is 15.5. The molecule has 0 spiro atoms. The normalized spacial score (nSPS) is 18.2. The van der Waals surface area contributed by atoms with Crippen LogP contribution in [-0.4, -0.2) is 17.0 Å². The number of carbonyl (C=O) groups excluding carboxylic acids is 1. The Morgan fingerprint density at radius 2 is 1.86 bits per heavy atom. The minimum Gasteiger partial charge on any atom is -0.481 e. The second-order valence-electron chi connectivity index (χ2n) is 5.81. The van der Waals surface area contributed by atoms with Crippen LogP contribution in [-0.2, 0) is 9.59 Å². The van der Waals surface area contributed by atoms with Gasteiger partial charge < -0.3 is 10.4 Å². The number of carboxylic acids is 1. The average Bonchev–Trinajstić information content (AvgIpc) is 2.89. The topological polar surface area (TPSA) is 66.4 Å². The van der Waals surface area contributed by atoms with Crippen molar-refractivity contribution < 1.29 is 14.7 Å². The van der Waals surface area contributed by atoms with E-state index in [9.17, 15) is 14.7 Å². The van der Waals surface area contributed by atoms with Crippen LogP contribution in [0.3, 0.4) is 0 Å². The highest BCUT2D eigenvalue weighted by Crippen LogP contribution is 2.41. The minimum atomic E-state index is -0.871. The van der Waals surface area contributed by atoms with Gasteiger partial charge >= 0.3 is 5.97 Å². The molecule has 0 radical (unpaired) electrons. The highest BCUT2D eigenvalue weighted by Gasteiger charge is 2.43. The second kappa shape index (κ2) is 6.48. The van der Waals surface area contributed by atoms with Gasteiger partial charge in [0.25, 0.3) is 0 Å². The zero-order valence-corrected chi connectivity index (χ0v) is 12.8. The van der Waals surface area contributed by atoms with Crippen LogP contribution in [0.4, 0.5) is 0 Å². The molecule has 1 atom stereocenters. The Hall–Kier alpha value is -1.55. The number of rotatable bonds is 5. The third-order valence-corrected chi connectivity index (χ3v) is 4.51. The molecule has 4 nitrogen and oxygen atoms in total. The lowest BCUT2D eigenvalue weighted by Gasteiger charge is -2.24. The Bertz CT molecular complexity index is 521. The van der Waals surface area contributed by atoms with Crippen molar-refractivity contribution in [3.05, 3.63) is 34.9 Å². The Morgan fingerprint density at radius 3 is 2.38 bits per heavy atom. The summed E-state index contributed by atoms with van der Waals surface area (Å²) in [7, 11) is 0. The second-order valence-corrected chi connectivity index (χ2v) is 6.25. The molecule has 1 aliphatic carbocycles. The molecule has 0 aromatic heterocycles. The van der Waals surface area contributed by atoms with Crippen molar-refractivity contribution in [2.75, 3.05) is 0 Å². The van der Waals surface area contributed by atoms with E-state index in [2.05, 4.69) is 5.32 Å². The molecule has 0 unspecified atom stereocenters. The van der Waals surface area contributed by atoms with Crippen LogP contribution >= 0.6 is 11.6 Å². The summed E-state index contributed by atoms with van der Waals surface area (Å²) < 4.78 is 0. The van der Waals surface area contributed by atoms with E-state index < -0.39 is 11.4 Å². The van der Waals surface area contributed by atoms with Crippen LogP contribution in [0.2, 0.25) is 5.02 Å². The van der Waals surface area contributed by atoms with E-state index in [1.54, 1.807) is 12.1 Å². The van der Waals surface area contributed by atoms with Crippen molar-refractivity contribution >= 4 is 23.5 Å². The fourth-order valence-corrected chi connectivity index (χ4v) is 3.08. The van der Waals surface area contributed by atoms with Crippen molar-refractivity contribution in [1.29, 1.82) is 0 Å². The van der Waals surface area contributed by atoms with Crippen LogP contribution in [0, 0.1) is 5.41 Å². The molecule has 5 heteroatoms. The van der Waals surface area contributed by atoms with Crippen LogP contribution in [0.15, 0.2) is 24.3 Å². The van der Waals surface area contributed by atoms with E-state index in [0.29, 0.717) is 17.9 Å². The van der Waals surface area contributed by atoms with Crippen LogP contribution in [0.25, 0.3) is 0 Å². The average molecular weight is 310 g/mol. The summed E-state index contributed by atoms with van der Waals surface area (Å²) in [4.78, 5) is 23.6. The number of aliphatic carboxylic acids is 1. The lowest BCUT2D eigenvalue weighted by Crippen LogP contribution is -2.36. The quantitative estimate of drug-likeness (QED) is 0.874. The van der Waals surface area contributed by atoms with E-state index in [4.69, 9.17) is 11.6 Å². The molecule has 1 fully saturated rings. The highest BCUT2D eigenvalue weighted by atomic mass is 35.5. The van der Waals surface area contributed by atoms with Crippen molar-refractivity contribution in [2.24, 2.45) is 5.41 Å². The molecule has 0 saturated heterocycles. The number of halogens is 1. The van der Waals surface area contributed by atoms with Gasteiger partial charge in [-0.1, -0.05) is 36.6 Å². The molecule has 0 aliphatic heterocycles. The van der Waals surface area contributed by atoms with Crippen LogP contribution < -0.4 is 5.32 Å². The summed E-state index contributed by atoms with van der Waals surface area (Å²) in [5, 5.41) is 12.9. The van der Waals surface area contributed by atoms with Gasteiger partial charge in [0.1, 0.15) is 0 Å². The van der Waals surface area contributed by atoms with E-state index in [1.807, 2.05) is 19.1 Å². The smallest absolute Gasteiger partial charge is 0.310 e. The van der Waals surface area contributed by atoms with E-state index >= 15 is 0 Å². The van der Waals surface area contributed by atoms with E-state index in [1.165, 1.54) is 0 Å². The SMILES string of the molecule is C[C@@H](NC(=O)CC1(C(=O)O)CCCC1)c1ccc(Cl)cc1. The van der Waals surface area contributed by atoms with Crippen molar-refractivity contribution in [2.45, 2.75) is 45.1 Å². The van der Waals surface area contributed by atoms with E-state index in [0.717, 1.165) is 18.4 Å². The largest absolute Gasteiger partial charge is 0.481 e. The van der Waals surface area contributed by atoms with Crippen molar-refractivity contribution in [3.63, 3.8) is 0 Å². The fraction of sp³-hybridized carbons (Fsp3) is 0.500. The molecule has 1 amide bonds. The molecule has 1 aliphatic rings. The van der Waals surface area contributed by atoms with Crippen LogP contribution in [0.1, 0.15) is 50.6 Å². The number of hydrogen-bond acceptors (Lipinski definition) is 2. The molecule has 0 bridgehead atoms. The predicted molar refractivity (Wildman–Crippen MR) is 81.2 cm³/mol. The predicted octanol–water partition coefficient (Wildman–Crippen LogP) is 3.55. The lowest BCUT2D eigenvalue weighted by atomic mass is 9.82. The van der Waals surface area contributed by atoms with Gasteiger partial charge in [-0.3, -0.25) is 9.59 Å². The molecule has 2 N–H and O–H groups in total. The van der Waals surface area contributed by atoms with Gasteiger partial charge in [-0.2, -0.15) is 0 Å². The van der Waals surface area contributed by atoms with Gasteiger partial charge in [-0.15, -0.1) is 0 Å². The summed E-state index contributed by atoms with van der Waals surface area (Å²) in [6.07, 6.45) is 3.00. The number of carboxylic acid groups (broad SMARTS) is 1. The highest BCUT2D eigenvalue weighted by molar-refractivity contribution is 6.30. The summed E-state index contributed by atoms with van der Waals surface area (Å²) in [5.74, 6) is -1.06. The molecule has 1 saturated carbocycles. The monoisotopic (exact) mass is 309 g/mol. The minimum absolute atomic E-state index is 0.0558. The van der Waals surface area contributed by atoms with Crippen molar-refractivity contribution in [3.8, 4) is 0 Å². The Labute approximate surface area is 129 Å². The number of carbonyl (C=O) groups is 2. The molecular weight excluding hydrogens is 290 g/mol. The van der Waals surface area contributed by atoms with Gasteiger partial charge in [-0.05, 0) is 37.5 Å². The summed E-state index contributed by atoms with van der Waals surface area (Å²) in [6.45, 7) is 1.88. The summed E-state index contributed by atoms with van der Waals surface area (Å²) in [6, 6.07) is 7.10. The van der Waals surface area contributed by atoms with Gasteiger partial charge in [-0.25, -0.2) is 0 Å². The first kappa shape index (κ1) is 15.8. The maximum absolute atomic E-state index is 12.2. The maximum atomic E-state index is 12.2. The van der Waals surface area contributed by atoms with Gasteiger partial charge in [0.2, 0.25) is 5.91 Å². The number of nitrogens with one attached hydrogen (secondary N) is 1. The number of benzene rings is 1. The third kappa shape index (κ3) is 3.76. The van der Waals surface area contributed by atoms with Crippen molar-refractivity contribution in [1.82, 2.24) is 5.32 Å². The molecule has 1 aromatic rings. The molecule has 0 heterocycles. The zero-order valence-electron chi connectivity index (χ0n) is 12.1. The molecule has 2 rings (SSSR count). The lowest BCUT2D eigenvalue weighted by molar-refractivity contribution is -0.151. The molecule has 1 aromatic carbocycles. The van der Waals surface area contributed by atoms with Gasteiger partial charge in [0.05, 0.1) is 11.5 Å². The number of amides is 1. The maximum Gasteiger partial charge on any atom is 0.310 e.